The number of amides is 1. The van der Waals surface area contributed by atoms with Crippen LogP contribution in [-0.2, 0) is 16.4 Å². The second-order valence-electron chi connectivity index (χ2n) is 5.75. The van der Waals surface area contributed by atoms with E-state index in [1.165, 1.54) is 10.6 Å². The molecule has 0 saturated carbocycles. The van der Waals surface area contributed by atoms with Crippen molar-refractivity contribution in [1.82, 2.24) is 0 Å². The second-order valence-corrected chi connectivity index (χ2v) is 7.66. The quantitative estimate of drug-likeness (QED) is 0.940. The lowest BCUT2D eigenvalue weighted by atomic mass is 10.1. The maximum atomic E-state index is 12.3. The Morgan fingerprint density at radius 2 is 1.83 bits per heavy atom. The highest BCUT2D eigenvalue weighted by Gasteiger charge is 2.26. The maximum Gasteiger partial charge on any atom is 0.255 e. The molecule has 0 fully saturated rings. The van der Waals surface area contributed by atoms with Crippen LogP contribution in [0.2, 0.25) is 0 Å². The minimum atomic E-state index is -3.27. The highest BCUT2D eigenvalue weighted by atomic mass is 32.2. The Kier molecular flexibility index (Phi) is 3.85. The van der Waals surface area contributed by atoms with E-state index in [-0.39, 0.29) is 5.91 Å². The zero-order chi connectivity index (χ0) is 16.6. The molecule has 0 radical (unpaired) electrons. The molecule has 3 rings (SSSR count). The molecule has 0 bridgehead atoms. The number of nitrogens with zero attached hydrogens (tertiary/aromatic N) is 1. The van der Waals surface area contributed by atoms with E-state index in [2.05, 4.69) is 5.32 Å². The van der Waals surface area contributed by atoms with Crippen LogP contribution < -0.4 is 9.62 Å². The smallest absolute Gasteiger partial charge is 0.255 e. The molecule has 6 heteroatoms. The summed E-state index contributed by atoms with van der Waals surface area (Å²) in [5, 5.41) is 2.85. The number of nitrogens with one attached hydrogen (secondary N) is 1. The highest BCUT2D eigenvalue weighted by Crippen LogP contribution is 2.30. The Hall–Kier alpha value is -2.34. The minimum Gasteiger partial charge on any atom is -0.322 e. The number of anilines is 2. The third kappa shape index (κ3) is 3.22. The summed E-state index contributed by atoms with van der Waals surface area (Å²) >= 11 is 0. The van der Waals surface area contributed by atoms with Crippen molar-refractivity contribution in [1.29, 1.82) is 0 Å². The average Bonchev–Trinajstić information content (AvgIpc) is 2.92. The summed E-state index contributed by atoms with van der Waals surface area (Å²) in [5.41, 5.74) is 3.94. The summed E-state index contributed by atoms with van der Waals surface area (Å²) in [5.74, 6) is -0.200. The van der Waals surface area contributed by atoms with Crippen LogP contribution in [0, 0.1) is 6.92 Å². The number of benzene rings is 2. The van der Waals surface area contributed by atoms with Gasteiger partial charge in [-0.15, -0.1) is 0 Å². The summed E-state index contributed by atoms with van der Waals surface area (Å²) in [6.45, 7) is 2.41. The van der Waals surface area contributed by atoms with Gasteiger partial charge in [0.1, 0.15) is 0 Å². The van der Waals surface area contributed by atoms with E-state index in [4.69, 9.17) is 0 Å². The largest absolute Gasteiger partial charge is 0.322 e. The van der Waals surface area contributed by atoms with Gasteiger partial charge in [-0.05, 0) is 49.2 Å². The van der Waals surface area contributed by atoms with Crippen LogP contribution in [0.25, 0.3) is 0 Å². The van der Waals surface area contributed by atoms with Crippen LogP contribution >= 0.6 is 0 Å². The molecule has 0 aromatic heterocycles. The van der Waals surface area contributed by atoms with Crippen molar-refractivity contribution in [3.8, 4) is 0 Å². The number of fused-ring (bicyclic) bond motifs is 1. The van der Waals surface area contributed by atoms with Crippen LogP contribution in [0.3, 0.4) is 0 Å². The second kappa shape index (κ2) is 5.70. The fourth-order valence-electron chi connectivity index (χ4n) is 2.70. The van der Waals surface area contributed by atoms with Crippen LogP contribution in [0.15, 0.2) is 42.5 Å². The number of aryl methyl sites for hydroxylation is 1. The first-order valence-corrected chi connectivity index (χ1v) is 9.18. The van der Waals surface area contributed by atoms with E-state index in [1.807, 2.05) is 31.2 Å². The van der Waals surface area contributed by atoms with Crippen molar-refractivity contribution < 1.29 is 13.2 Å². The Bertz CT molecular complexity index is 858. The van der Waals surface area contributed by atoms with Gasteiger partial charge in [0.2, 0.25) is 10.0 Å². The molecule has 1 amide bonds. The fraction of sp³-hybridized carbons (Fsp3) is 0.235. The first-order chi connectivity index (χ1) is 10.8. The van der Waals surface area contributed by atoms with Gasteiger partial charge >= 0.3 is 0 Å². The summed E-state index contributed by atoms with van der Waals surface area (Å²) < 4.78 is 24.8. The molecule has 23 heavy (non-hydrogen) atoms. The van der Waals surface area contributed by atoms with Crippen LogP contribution in [0.4, 0.5) is 11.4 Å². The van der Waals surface area contributed by atoms with E-state index in [0.29, 0.717) is 24.2 Å². The van der Waals surface area contributed by atoms with E-state index in [9.17, 15) is 13.2 Å². The van der Waals surface area contributed by atoms with Gasteiger partial charge in [-0.1, -0.05) is 17.7 Å². The topological polar surface area (TPSA) is 66.5 Å². The standard InChI is InChI=1S/C17H18N2O3S/c1-12-3-6-15(7-4-12)18-17(20)14-5-8-16-13(11-14)9-10-19(16)23(2,21)22/h3-8,11H,9-10H2,1-2H3,(H,18,20). The maximum absolute atomic E-state index is 12.3. The summed E-state index contributed by atoms with van der Waals surface area (Å²) in [7, 11) is -3.27. The van der Waals surface area contributed by atoms with Crippen molar-refractivity contribution in [3.05, 3.63) is 59.2 Å². The molecule has 0 unspecified atom stereocenters. The van der Waals surface area contributed by atoms with Gasteiger partial charge in [0, 0.05) is 17.8 Å². The normalized spacial score (nSPS) is 13.7. The molecule has 1 aliphatic heterocycles. The predicted molar refractivity (Wildman–Crippen MR) is 91.5 cm³/mol. The van der Waals surface area contributed by atoms with Crippen LogP contribution in [0.5, 0.6) is 0 Å². The Labute approximate surface area is 136 Å². The van der Waals surface area contributed by atoms with E-state index in [1.54, 1.807) is 18.2 Å². The lowest BCUT2D eigenvalue weighted by Gasteiger charge is -2.16. The van der Waals surface area contributed by atoms with Gasteiger partial charge in [0.05, 0.1) is 11.9 Å². The van der Waals surface area contributed by atoms with E-state index < -0.39 is 10.0 Å². The molecular weight excluding hydrogens is 312 g/mol. The van der Waals surface area contributed by atoms with Gasteiger partial charge in [-0.2, -0.15) is 0 Å². The average molecular weight is 330 g/mol. The Morgan fingerprint density at radius 1 is 1.13 bits per heavy atom. The molecule has 0 atom stereocenters. The van der Waals surface area contributed by atoms with Crippen LogP contribution in [-0.4, -0.2) is 27.1 Å². The molecule has 5 nitrogen and oxygen atoms in total. The number of carbonyl (C=O) groups is 1. The lowest BCUT2D eigenvalue weighted by molar-refractivity contribution is 0.102. The summed E-state index contributed by atoms with van der Waals surface area (Å²) in [6.07, 6.45) is 1.81. The molecule has 1 N–H and O–H groups in total. The Morgan fingerprint density at radius 3 is 2.48 bits per heavy atom. The van der Waals surface area contributed by atoms with Crippen molar-refractivity contribution in [2.75, 3.05) is 22.4 Å². The minimum absolute atomic E-state index is 0.200. The number of hydrogen-bond acceptors (Lipinski definition) is 3. The molecule has 1 heterocycles. The highest BCUT2D eigenvalue weighted by molar-refractivity contribution is 7.92. The van der Waals surface area contributed by atoms with E-state index in [0.717, 1.165) is 16.8 Å². The SMILES string of the molecule is Cc1ccc(NC(=O)c2ccc3c(c2)CCN3S(C)(=O)=O)cc1. The predicted octanol–water partition coefficient (Wildman–Crippen LogP) is 2.57. The summed E-state index contributed by atoms with van der Waals surface area (Å²) in [6, 6.07) is 12.7. The zero-order valence-electron chi connectivity index (χ0n) is 13.0. The molecule has 0 saturated heterocycles. The third-order valence-corrected chi connectivity index (χ3v) is 5.08. The lowest BCUT2D eigenvalue weighted by Crippen LogP contribution is -2.27. The van der Waals surface area contributed by atoms with Gasteiger partial charge in [-0.3, -0.25) is 9.10 Å². The first kappa shape index (κ1) is 15.6. The van der Waals surface area contributed by atoms with Crippen molar-refractivity contribution >= 4 is 27.3 Å². The molecular formula is C17H18N2O3S. The molecule has 1 aliphatic rings. The van der Waals surface area contributed by atoms with Gasteiger partial charge < -0.3 is 5.32 Å². The molecule has 120 valence electrons. The monoisotopic (exact) mass is 330 g/mol. The van der Waals surface area contributed by atoms with Gasteiger partial charge in [0.25, 0.3) is 5.91 Å². The molecule has 2 aromatic carbocycles. The van der Waals surface area contributed by atoms with E-state index >= 15 is 0 Å². The van der Waals surface area contributed by atoms with Gasteiger partial charge in [-0.25, -0.2) is 8.42 Å². The third-order valence-electron chi connectivity index (χ3n) is 3.90. The number of hydrogen-bond donors (Lipinski definition) is 1. The molecule has 0 aliphatic carbocycles. The number of rotatable bonds is 3. The van der Waals surface area contributed by atoms with Crippen LogP contribution in [0.1, 0.15) is 21.5 Å². The molecule has 2 aromatic rings. The number of sulfonamides is 1. The fourth-order valence-corrected chi connectivity index (χ4v) is 3.66. The summed E-state index contributed by atoms with van der Waals surface area (Å²) in [4.78, 5) is 12.3. The van der Waals surface area contributed by atoms with Crippen molar-refractivity contribution in [2.45, 2.75) is 13.3 Å². The zero-order valence-corrected chi connectivity index (χ0v) is 13.9. The first-order valence-electron chi connectivity index (χ1n) is 7.33. The number of carbonyl (C=O) groups excluding carboxylic acids is 1. The Balaban J connectivity index is 1.82. The van der Waals surface area contributed by atoms with Gasteiger partial charge in [0.15, 0.2) is 0 Å². The van der Waals surface area contributed by atoms with Crippen molar-refractivity contribution in [2.24, 2.45) is 0 Å². The molecule has 0 spiro atoms. The van der Waals surface area contributed by atoms with Crippen molar-refractivity contribution in [3.63, 3.8) is 0 Å².